The first-order valence-corrected chi connectivity index (χ1v) is 12.4. The second kappa shape index (κ2) is 10.8. The summed E-state index contributed by atoms with van der Waals surface area (Å²) in [5.41, 5.74) is 1.23. The number of aromatic nitrogens is 3. The van der Waals surface area contributed by atoms with Crippen molar-refractivity contribution in [2.45, 2.75) is 18.1 Å². The molecule has 0 radical (unpaired) electrons. The van der Waals surface area contributed by atoms with Crippen molar-refractivity contribution in [3.8, 4) is 0 Å². The number of carbonyl (C=O) groups is 2. The number of carbonyl (C=O) groups excluding carboxylic acids is 2. The molecule has 2 aromatic carbocycles. The van der Waals surface area contributed by atoms with E-state index >= 15 is 0 Å². The van der Waals surface area contributed by atoms with Crippen LogP contribution >= 0.6 is 59.6 Å². The largest absolute Gasteiger partial charge is 0.342 e. The van der Waals surface area contributed by atoms with Crippen LogP contribution in [0.25, 0.3) is 0 Å². The highest BCUT2D eigenvalue weighted by atomic mass is 79.9. The van der Waals surface area contributed by atoms with Gasteiger partial charge in [0.1, 0.15) is 0 Å². The second-order valence-electron chi connectivity index (χ2n) is 6.54. The molecule has 0 aliphatic heterocycles. The number of anilines is 1. The van der Waals surface area contributed by atoms with Gasteiger partial charge in [0, 0.05) is 20.5 Å². The van der Waals surface area contributed by atoms with E-state index in [2.05, 4.69) is 68.6 Å². The van der Waals surface area contributed by atoms with Crippen molar-refractivity contribution in [3.63, 3.8) is 0 Å². The molecule has 0 bridgehead atoms. The molecule has 11 heteroatoms. The lowest BCUT2D eigenvalue weighted by atomic mass is 10.2. The highest BCUT2D eigenvalue weighted by molar-refractivity contribution is 9.11. The SMILES string of the molecule is C[C@@H](NC(=O)c1ccccc1Br)c1nnc(SCC(=O)Nc2cc(Br)ccc2Br)n1C. The average molecular weight is 632 g/mol. The van der Waals surface area contributed by atoms with E-state index in [1.54, 1.807) is 16.7 Å². The van der Waals surface area contributed by atoms with Crippen molar-refractivity contribution in [2.75, 3.05) is 11.1 Å². The lowest BCUT2D eigenvalue weighted by Crippen LogP contribution is -2.28. The van der Waals surface area contributed by atoms with Crippen LogP contribution in [0.4, 0.5) is 5.69 Å². The second-order valence-corrected chi connectivity index (χ2v) is 10.1. The Morgan fingerprint density at radius 3 is 2.58 bits per heavy atom. The van der Waals surface area contributed by atoms with Gasteiger partial charge in [-0.15, -0.1) is 10.2 Å². The van der Waals surface area contributed by atoms with Gasteiger partial charge in [0.2, 0.25) is 5.91 Å². The summed E-state index contributed by atoms with van der Waals surface area (Å²) in [6, 6.07) is 12.4. The molecule has 162 valence electrons. The van der Waals surface area contributed by atoms with Crippen LogP contribution in [0.15, 0.2) is 61.0 Å². The third-order valence-electron chi connectivity index (χ3n) is 4.26. The topological polar surface area (TPSA) is 88.9 Å². The number of benzene rings is 2. The van der Waals surface area contributed by atoms with Gasteiger partial charge in [0.15, 0.2) is 11.0 Å². The molecule has 1 heterocycles. The van der Waals surface area contributed by atoms with Crippen molar-refractivity contribution >= 4 is 77.1 Å². The third kappa shape index (κ3) is 6.18. The van der Waals surface area contributed by atoms with Gasteiger partial charge in [-0.05, 0) is 69.1 Å². The first kappa shape index (κ1) is 24.0. The maximum atomic E-state index is 12.5. The maximum Gasteiger partial charge on any atom is 0.253 e. The minimum absolute atomic E-state index is 0.163. The zero-order chi connectivity index (χ0) is 22.5. The molecule has 0 aliphatic carbocycles. The van der Waals surface area contributed by atoms with Crippen molar-refractivity contribution in [1.29, 1.82) is 0 Å². The summed E-state index contributed by atoms with van der Waals surface area (Å²) < 4.78 is 4.16. The fraction of sp³-hybridized carbons (Fsp3) is 0.200. The van der Waals surface area contributed by atoms with Gasteiger partial charge in [0.25, 0.3) is 5.91 Å². The molecule has 31 heavy (non-hydrogen) atoms. The van der Waals surface area contributed by atoms with Crippen molar-refractivity contribution in [2.24, 2.45) is 7.05 Å². The number of hydrogen-bond acceptors (Lipinski definition) is 5. The smallest absolute Gasteiger partial charge is 0.253 e. The van der Waals surface area contributed by atoms with Gasteiger partial charge in [0.05, 0.1) is 23.0 Å². The monoisotopic (exact) mass is 629 g/mol. The summed E-state index contributed by atoms with van der Waals surface area (Å²) in [6.45, 7) is 1.84. The molecule has 1 atom stereocenters. The highest BCUT2D eigenvalue weighted by Crippen LogP contribution is 2.27. The van der Waals surface area contributed by atoms with Gasteiger partial charge in [-0.1, -0.05) is 39.8 Å². The average Bonchev–Trinajstić information content (AvgIpc) is 3.10. The van der Waals surface area contributed by atoms with E-state index in [4.69, 9.17) is 0 Å². The Morgan fingerprint density at radius 1 is 1.10 bits per heavy atom. The molecule has 2 amide bonds. The summed E-state index contributed by atoms with van der Waals surface area (Å²) in [4.78, 5) is 24.9. The fourth-order valence-corrected chi connectivity index (χ4v) is 4.61. The summed E-state index contributed by atoms with van der Waals surface area (Å²) in [5, 5.41) is 14.7. The van der Waals surface area contributed by atoms with Crippen molar-refractivity contribution in [3.05, 3.63) is 67.3 Å². The van der Waals surface area contributed by atoms with E-state index in [0.717, 1.165) is 13.4 Å². The van der Waals surface area contributed by atoms with Crippen LogP contribution in [0.2, 0.25) is 0 Å². The zero-order valence-corrected chi connectivity index (χ0v) is 22.1. The van der Waals surface area contributed by atoms with E-state index in [1.807, 2.05) is 44.3 Å². The summed E-state index contributed by atoms with van der Waals surface area (Å²) in [5.74, 6) is 0.389. The minimum atomic E-state index is -0.363. The normalized spacial score (nSPS) is 11.8. The van der Waals surface area contributed by atoms with Crippen LogP contribution in [-0.2, 0) is 11.8 Å². The maximum absolute atomic E-state index is 12.5. The zero-order valence-electron chi connectivity index (χ0n) is 16.5. The van der Waals surface area contributed by atoms with Crippen LogP contribution < -0.4 is 10.6 Å². The molecular formula is C20H18Br3N5O2S. The Bertz CT molecular complexity index is 1120. The third-order valence-corrected chi connectivity index (χ3v) is 7.15. The number of thioether (sulfide) groups is 1. The number of rotatable bonds is 7. The summed E-state index contributed by atoms with van der Waals surface area (Å²) in [7, 11) is 1.81. The first-order chi connectivity index (χ1) is 14.8. The molecular weight excluding hydrogens is 614 g/mol. The number of hydrogen-bond donors (Lipinski definition) is 2. The Labute approximate surface area is 209 Å². The molecule has 3 rings (SSSR count). The van der Waals surface area contributed by atoms with E-state index in [-0.39, 0.29) is 23.6 Å². The number of amides is 2. The van der Waals surface area contributed by atoms with Gasteiger partial charge in [-0.25, -0.2) is 0 Å². The lowest BCUT2D eigenvalue weighted by Gasteiger charge is -2.14. The van der Waals surface area contributed by atoms with E-state index in [1.165, 1.54) is 11.8 Å². The molecule has 0 aliphatic rings. The van der Waals surface area contributed by atoms with Crippen molar-refractivity contribution in [1.82, 2.24) is 20.1 Å². The Morgan fingerprint density at radius 2 is 1.84 bits per heavy atom. The summed E-state index contributed by atoms with van der Waals surface area (Å²) in [6.07, 6.45) is 0. The fourth-order valence-electron chi connectivity index (χ4n) is 2.72. The van der Waals surface area contributed by atoms with Gasteiger partial charge in [-0.3, -0.25) is 9.59 Å². The molecule has 0 unspecified atom stereocenters. The van der Waals surface area contributed by atoms with Crippen LogP contribution in [0, 0.1) is 0 Å². The van der Waals surface area contributed by atoms with Crippen LogP contribution in [0.5, 0.6) is 0 Å². The molecule has 3 aromatic rings. The first-order valence-electron chi connectivity index (χ1n) is 9.08. The standard InChI is InChI=1S/C20H18Br3N5O2S/c1-11(24-19(30)13-5-3-4-6-14(13)22)18-26-27-20(28(18)2)31-10-17(29)25-16-9-12(21)7-8-15(16)23/h3-9,11H,10H2,1-2H3,(H,24,30)(H,25,29)/t11-/m1/s1. The van der Waals surface area contributed by atoms with Crippen LogP contribution in [0.3, 0.4) is 0 Å². The van der Waals surface area contributed by atoms with Gasteiger partial charge < -0.3 is 15.2 Å². The molecule has 0 saturated carbocycles. The Kier molecular flexibility index (Phi) is 8.31. The number of nitrogens with zero attached hydrogens (tertiary/aromatic N) is 3. The quantitative estimate of drug-likeness (QED) is 0.345. The predicted molar refractivity (Wildman–Crippen MR) is 132 cm³/mol. The highest BCUT2D eigenvalue weighted by Gasteiger charge is 2.20. The molecule has 1 aromatic heterocycles. The molecule has 0 saturated heterocycles. The van der Waals surface area contributed by atoms with Gasteiger partial charge in [-0.2, -0.15) is 0 Å². The Balaban J connectivity index is 1.60. The van der Waals surface area contributed by atoms with Gasteiger partial charge >= 0.3 is 0 Å². The van der Waals surface area contributed by atoms with Crippen molar-refractivity contribution < 1.29 is 9.59 Å². The van der Waals surface area contributed by atoms with Crippen LogP contribution in [-0.4, -0.2) is 32.3 Å². The van der Waals surface area contributed by atoms with E-state index in [9.17, 15) is 9.59 Å². The van der Waals surface area contributed by atoms with Crippen LogP contribution in [0.1, 0.15) is 29.1 Å². The predicted octanol–water partition coefficient (Wildman–Crippen LogP) is 5.32. The Hall–Kier alpha value is -1.69. The molecule has 2 N–H and O–H groups in total. The number of nitrogens with one attached hydrogen (secondary N) is 2. The lowest BCUT2D eigenvalue weighted by molar-refractivity contribution is -0.113. The minimum Gasteiger partial charge on any atom is -0.342 e. The molecule has 7 nitrogen and oxygen atoms in total. The number of halogens is 3. The summed E-state index contributed by atoms with van der Waals surface area (Å²) >= 11 is 11.5. The van der Waals surface area contributed by atoms with E-state index < -0.39 is 0 Å². The molecule has 0 fully saturated rings. The van der Waals surface area contributed by atoms with E-state index in [0.29, 0.717) is 22.2 Å². The molecule has 0 spiro atoms.